The zero-order chi connectivity index (χ0) is 14.7. The molecule has 1 fully saturated rings. The van der Waals surface area contributed by atoms with Gasteiger partial charge >= 0.3 is 0 Å². The molecule has 0 bridgehead atoms. The average Bonchev–Trinajstić information content (AvgIpc) is 2.40. The molecule has 1 aromatic rings. The zero-order valence-corrected chi connectivity index (χ0v) is 13.9. The van der Waals surface area contributed by atoms with Crippen molar-refractivity contribution in [2.45, 2.75) is 13.8 Å². The number of ether oxygens (including phenoxy) is 1. The van der Waals surface area contributed by atoms with Gasteiger partial charge in [0.2, 0.25) is 0 Å². The van der Waals surface area contributed by atoms with Crippen LogP contribution < -0.4 is 15.0 Å². The summed E-state index contributed by atoms with van der Waals surface area (Å²) in [5.41, 5.74) is 0.770. The van der Waals surface area contributed by atoms with Gasteiger partial charge < -0.3 is 15.0 Å². The van der Waals surface area contributed by atoms with E-state index >= 15 is 0 Å². The summed E-state index contributed by atoms with van der Waals surface area (Å²) in [5.74, 6) is 1.22. The van der Waals surface area contributed by atoms with Gasteiger partial charge in [-0.3, -0.25) is 4.79 Å². The molecule has 0 saturated carbocycles. The third-order valence-corrected chi connectivity index (χ3v) is 4.45. The second-order valence-corrected chi connectivity index (χ2v) is 5.81. The molecular weight excluding hydrogens is 344 g/mol. The van der Waals surface area contributed by atoms with E-state index in [1.54, 1.807) is 11.0 Å². The first-order valence-corrected chi connectivity index (χ1v) is 7.95. The highest BCUT2D eigenvalue weighted by Crippen LogP contribution is 2.39. The van der Waals surface area contributed by atoms with Crippen LogP contribution in [0.15, 0.2) is 16.6 Å². The van der Waals surface area contributed by atoms with E-state index in [2.05, 4.69) is 21.2 Å². The molecule has 6 heteroatoms. The molecule has 2 aliphatic rings. The van der Waals surface area contributed by atoms with Gasteiger partial charge in [0.15, 0.2) is 6.61 Å². The van der Waals surface area contributed by atoms with Gasteiger partial charge in [-0.25, -0.2) is 0 Å². The molecule has 2 aliphatic heterocycles. The standard InChI is InChI=1S/C12H12BrClN2O2.C2H6/c13-8-1-11-10(2-9(8)14)16(12(17)6-18-11)5-7-3-15-4-7;1-2/h1-2,7,15H,3-6H2;1-2H3. The lowest BCUT2D eigenvalue weighted by Gasteiger charge is -2.36. The number of amides is 1. The summed E-state index contributed by atoms with van der Waals surface area (Å²) >= 11 is 9.45. The van der Waals surface area contributed by atoms with Gasteiger partial charge in [0.05, 0.1) is 10.7 Å². The SMILES string of the molecule is CC.O=C1COc2cc(Br)c(Cl)cc2N1CC1CNC1. The number of benzene rings is 1. The number of halogens is 2. The van der Waals surface area contributed by atoms with Gasteiger partial charge in [-0.2, -0.15) is 0 Å². The Bertz CT molecular complexity index is 506. The number of nitrogens with one attached hydrogen (secondary N) is 1. The van der Waals surface area contributed by atoms with Crippen LogP contribution in [0.5, 0.6) is 5.75 Å². The normalized spacial score (nSPS) is 17.6. The molecule has 1 amide bonds. The third-order valence-electron chi connectivity index (χ3n) is 3.25. The van der Waals surface area contributed by atoms with Crippen molar-refractivity contribution in [2.24, 2.45) is 5.92 Å². The molecule has 1 N–H and O–H groups in total. The third kappa shape index (κ3) is 3.10. The van der Waals surface area contributed by atoms with Gasteiger partial charge in [0.25, 0.3) is 5.91 Å². The second kappa shape index (κ2) is 6.78. The fourth-order valence-electron chi connectivity index (χ4n) is 2.13. The van der Waals surface area contributed by atoms with Crippen molar-refractivity contribution >= 4 is 39.1 Å². The molecular formula is C14H18BrClN2O2. The minimum absolute atomic E-state index is 0.00668. The predicted molar refractivity (Wildman–Crippen MR) is 84.7 cm³/mol. The van der Waals surface area contributed by atoms with E-state index in [1.807, 2.05) is 19.9 Å². The molecule has 0 aliphatic carbocycles. The minimum Gasteiger partial charge on any atom is -0.482 e. The lowest BCUT2D eigenvalue weighted by Crippen LogP contribution is -2.51. The quantitative estimate of drug-likeness (QED) is 0.880. The van der Waals surface area contributed by atoms with Crippen molar-refractivity contribution in [3.8, 4) is 5.75 Å². The van der Waals surface area contributed by atoms with E-state index in [4.69, 9.17) is 16.3 Å². The summed E-state index contributed by atoms with van der Waals surface area (Å²) in [4.78, 5) is 13.7. The van der Waals surface area contributed by atoms with Crippen LogP contribution >= 0.6 is 27.5 Å². The number of carbonyl (C=O) groups excluding carboxylic acids is 1. The molecule has 4 nitrogen and oxygen atoms in total. The molecule has 1 saturated heterocycles. The van der Waals surface area contributed by atoms with E-state index < -0.39 is 0 Å². The van der Waals surface area contributed by atoms with Gasteiger partial charge in [-0.1, -0.05) is 25.4 Å². The maximum Gasteiger partial charge on any atom is 0.265 e. The van der Waals surface area contributed by atoms with Crippen LogP contribution in [-0.4, -0.2) is 32.1 Å². The van der Waals surface area contributed by atoms with E-state index in [1.165, 1.54) is 0 Å². The molecule has 0 spiro atoms. The Balaban J connectivity index is 0.000000704. The van der Waals surface area contributed by atoms with E-state index in [-0.39, 0.29) is 12.5 Å². The molecule has 1 aromatic carbocycles. The van der Waals surface area contributed by atoms with Crippen LogP contribution in [0.25, 0.3) is 0 Å². The largest absolute Gasteiger partial charge is 0.482 e. The van der Waals surface area contributed by atoms with E-state index in [0.29, 0.717) is 16.7 Å². The molecule has 20 heavy (non-hydrogen) atoms. The highest BCUT2D eigenvalue weighted by Gasteiger charge is 2.30. The first-order valence-electron chi connectivity index (χ1n) is 6.78. The van der Waals surface area contributed by atoms with Crippen LogP contribution in [0.3, 0.4) is 0 Å². The number of hydrogen-bond donors (Lipinski definition) is 1. The van der Waals surface area contributed by atoms with Gasteiger partial charge in [-0.05, 0) is 28.1 Å². The summed E-state index contributed by atoms with van der Waals surface area (Å²) in [7, 11) is 0. The first kappa shape index (κ1) is 15.6. The fraction of sp³-hybridized carbons (Fsp3) is 0.500. The lowest BCUT2D eigenvalue weighted by atomic mass is 10.0. The highest BCUT2D eigenvalue weighted by molar-refractivity contribution is 9.10. The Labute approximate surface area is 132 Å². The van der Waals surface area contributed by atoms with Crippen molar-refractivity contribution in [1.82, 2.24) is 5.32 Å². The predicted octanol–water partition coefficient (Wildman–Crippen LogP) is 3.07. The molecule has 110 valence electrons. The van der Waals surface area contributed by atoms with Crippen molar-refractivity contribution < 1.29 is 9.53 Å². The Morgan fingerprint density at radius 2 is 2.15 bits per heavy atom. The van der Waals surface area contributed by atoms with Crippen molar-refractivity contribution in [1.29, 1.82) is 0 Å². The number of anilines is 1. The van der Waals surface area contributed by atoms with Crippen molar-refractivity contribution in [3.63, 3.8) is 0 Å². The number of rotatable bonds is 2. The lowest BCUT2D eigenvalue weighted by molar-refractivity contribution is -0.121. The number of fused-ring (bicyclic) bond motifs is 1. The number of hydrogen-bond acceptors (Lipinski definition) is 3. The summed E-state index contributed by atoms with van der Waals surface area (Å²) < 4.78 is 6.22. The van der Waals surface area contributed by atoms with Crippen LogP contribution in [0.1, 0.15) is 13.8 Å². The van der Waals surface area contributed by atoms with E-state index in [0.717, 1.165) is 29.8 Å². The number of carbonyl (C=O) groups is 1. The van der Waals surface area contributed by atoms with Crippen LogP contribution in [0.2, 0.25) is 5.02 Å². The topological polar surface area (TPSA) is 41.6 Å². The van der Waals surface area contributed by atoms with Crippen LogP contribution in [-0.2, 0) is 4.79 Å². The van der Waals surface area contributed by atoms with Crippen molar-refractivity contribution in [2.75, 3.05) is 31.1 Å². The fourth-order valence-corrected chi connectivity index (χ4v) is 2.61. The van der Waals surface area contributed by atoms with Crippen LogP contribution in [0, 0.1) is 5.92 Å². The maximum absolute atomic E-state index is 12.0. The molecule has 3 rings (SSSR count). The van der Waals surface area contributed by atoms with Gasteiger partial charge in [-0.15, -0.1) is 0 Å². The summed E-state index contributed by atoms with van der Waals surface area (Å²) in [6.07, 6.45) is 0. The number of nitrogens with zero attached hydrogens (tertiary/aromatic N) is 1. The zero-order valence-electron chi connectivity index (χ0n) is 11.6. The Kier molecular flexibility index (Phi) is 5.29. The maximum atomic E-state index is 12.0. The van der Waals surface area contributed by atoms with Gasteiger partial charge in [0.1, 0.15) is 5.75 Å². The second-order valence-electron chi connectivity index (χ2n) is 4.55. The van der Waals surface area contributed by atoms with Crippen molar-refractivity contribution in [3.05, 3.63) is 21.6 Å². The Morgan fingerprint density at radius 1 is 1.45 bits per heavy atom. The monoisotopic (exact) mass is 360 g/mol. The summed E-state index contributed by atoms with van der Waals surface area (Å²) in [5, 5.41) is 3.79. The summed E-state index contributed by atoms with van der Waals surface area (Å²) in [6.45, 7) is 6.75. The Morgan fingerprint density at radius 3 is 2.75 bits per heavy atom. The molecule has 0 radical (unpaired) electrons. The molecule has 0 atom stereocenters. The average molecular weight is 362 g/mol. The highest BCUT2D eigenvalue weighted by atomic mass is 79.9. The smallest absolute Gasteiger partial charge is 0.265 e. The molecule has 0 aromatic heterocycles. The molecule has 0 unspecified atom stereocenters. The Hall–Kier alpha value is -0.780. The van der Waals surface area contributed by atoms with Gasteiger partial charge in [0, 0.05) is 30.0 Å². The first-order chi connectivity index (χ1) is 9.65. The minimum atomic E-state index is -0.00668. The summed E-state index contributed by atoms with van der Waals surface area (Å²) in [6, 6.07) is 3.60. The van der Waals surface area contributed by atoms with E-state index in [9.17, 15) is 4.79 Å². The molecule has 2 heterocycles. The van der Waals surface area contributed by atoms with Crippen LogP contribution in [0.4, 0.5) is 5.69 Å².